The van der Waals surface area contributed by atoms with Crippen molar-refractivity contribution in [3.63, 3.8) is 0 Å². The molecule has 0 amide bonds. The molecule has 0 fully saturated rings. The van der Waals surface area contributed by atoms with Crippen molar-refractivity contribution >= 4 is 6.08 Å². The molecule has 0 aliphatic carbocycles. The molecule has 2 nitrogen and oxygen atoms in total. The number of rotatable bonds is 2. The lowest BCUT2D eigenvalue weighted by Gasteiger charge is -2.16. The van der Waals surface area contributed by atoms with Crippen LogP contribution in [0.2, 0.25) is 0 Å². The van der Waals surface area contributed by atoms with E-state index < -0.39 is 11.7 Å². The fourth-order valence-corrected chi connectivity index (χ4v) is 0.233. The van der Waals surface area contributed by atoms with Gasteiger partial charge < -0.3 is 0 Å². The predicted octanol–water partition coefficient (Wildman–Crippen LogP) is 1.46. The SMILES string of the molecule is CC(N=C=O)C(C)(C)F. The molecule has 52 valence electrons. The minimum Gasteiger partial charge on any atom is -0.242 e. The highest BCUT2D eigenvalue weighted by Gasteiger charge is 2.23. The second-order valence-corrected chi connectivity index (χ2v) is 2.46. The third-order valence-corrected chi connectivity index (χ3v) is 1.24. The van der Waals surface area contributed by atoms with Gasteiger partial charge in [-0.3, -0.25) is 0 Å². The van der Waals surface area contributed by atoms with Crippen LogP contribution in [0.15, 0.2) is 4.99 Å². The molecule has 0 bridgehead atoms. The van der Waals surface area contributed by atoms with Gasteiger partial charge in [-0.2, -0.15) is 4.99 Å². The van der Waals surface area contributed by atoms with E-state index in [1.807, 2.05) is 0 Å². The molecule has 0 aliphatic rings. The minimum absolute atomic E-state index is 0.602. The van der Waals surface area contributed by atoms with E-state index in [-0.39, 0.29) is 0 Å². The van der Waals surface area contributed by atoms with Crippen molar-refractivity contribution in [1.29, 1.82) is 0 Å². The maximum atomic E-state index is 12.7. The molecule has 0 aliphatic heterocycles. The zero-order valence-corrected chi connectivity index (χ0v) is 5.81. The van der Waals surface area contributed by atoms with Gasteiger partial charge in [-0.15, -0.1) is 0 Å². The Kier molecular flexibility index (Phi) is 2.53. The van der Waals surface area contributed by atoms with Crippen LogP contribution in [-0.4, -0.2) is 17.8 Å². The summed E-state index contributed by atoms with van der Waals surface area (Å²) in [7, 11) is 0. The monoisotopic (exact) mass is 131 g/mol. The van der Waals surface area contributed by atoms with Gasteiger partial charge in [0.2, 0.25) is 6.08 Å². The van der Waals surface area contributed by atoms with Crippen LogP contribution in [0.5, 0.6) is 0 Å². The molecule has 0 radical (unpaired) electrons. The number of hydrogen-bond donors (Lipinski definition) is 0. The number of carbonyl (C=O) groups excluding carboxylic acids is 1. The normalized spacial score (nSPS) is 14.2. The topological polar surface area (TPSA) is 29.4 Å². The van der Waals surface area contributed by atoms with E-state index in [1.165, 1.54) is 26.9 Å². The second-order valence-electron chi connectivity index (χ2n) is 2.46. The van der Waals surface area contributed by atoms with Crippen molar-refractivity contribution in [2.24, 2.45) is 4.99 Å². The third-order valence-electron chi connectivity index (χ3n) is 1.24. The molecular weight excluding hydrogens is 121 g/mol. The molecule has 0 saturated heterocycles. The van der Waals surface area contributed by atoms with E-state index in [4.69, 9.17) is 0 Å². The lowest BCUT2D eigenvalue weighted by molar-refractivity contribution is 0.183. The van der Waals surface area contributed by atoms with E-state index in [0.717, 1.165) is 0 Å². The molecular formula is C6H10FNO. The van der Waals surface area contributed by atoms with Crippen molar-refractivity contribution in [2.45, 2.75) is 32.5 Å². The number of aliphatic imine (C=N–C) groups is 1. The summed E-state index contributed by atoms with van der Waals surface area (Å²) >= 11 is 0. The average molecular weight is 131 g/mol. The Morgan fingerprint density at radius 3 is 2.22 bits per heavy atom. The van der Waals surface area contributed by atoms with Crippen LogP contribution in [-0.2, 0) is 4.79 Å². The summed E-state index contributed by atoms with van der Waals surface area (Å²) in [6.07, 6.45) is 1.31. The Morgan fingerprint density at radius 1 is 1.67 bits per heavy atom. The first-order valence-corrected chi connectivity index (χ1v) is 2.74. The van der Waals surface area contributed by atoms with Gasteiger partial charge in [-0.05, 0) is 20.8 Å². The second kappa shape index (κ2) is 2.74. The minimum atomic E-state index is -1.42. The van der Waals surface area contributed by atoms with Crippen LogP contribution in [0.25, 0.3) is 0 Å². The van der Waals surface area contributed by atoms with Gasteiger partial charge in [-0.25, -0.2) is 9.18 Å². The molecule has 0 N–H and O–H groups in total. The molecule has 0 aromatic rings. The largest absolute Gasteiger partial charge is 0.242 e. The summed E-state index contributed by atoms with van der Waals surface area (Å²) in [5.41, 5.74) is -1.42. The first-order valence-electron chi connectivity index (χ1n) is 2.74. The highest BCUT2D eigenvalue weighted by Crippen LogP contribution is 2.15. The Hall–Kier alpha value is -0.690. The summed E-state index contributed by atoms with van der Waals surface area (Å²) in [5.74, 6) is 0. The van der Waals surface area contributed by atoms with Crippen LogP contribution in [0.1, 0.15) is 20.8 Å². The van der Waals surface area contributed by atoms with Gasteiger partial charge in [0.25, 0.3) is 0 Å². The summed E-state index contributed by atoms with van der Waals surface area (Å²) in [6.45, 7) is 4.28. The highest BCUT2D eigenvalue weighted by molar-refractivity contribution is 5.33. The van der Waals surface area contributed by atoms with Crippen molar-refractivity contribution in [3.8, 4) is 0 Å². The van der Waals surface area contributed by atoms with Gasteiger partial charge >= 0.3 is 0 Å². The fourth-order valence-electron chi connectivity index (χ4n) is 0.233. The number of nitrogens with zero attached hydrogens (tertiary/aromatic N) is 1. The molecule has 0 heterocycles. The molecule has 1 atom stereocenters. The van der Waals surface area contributed by atoms with Gasteiger partial charge in [0, 0.05) is 0 Å². The van der Waals surface area contributed by atoms with Crippen molar-refractivity contribution in [2.75, 3.05) is 0 Å². The van der Waals surface area contributed by atoms with Crippen LogP contribution in [0.3, 0.4) is 0 Å². The molecule has 3 heteroatoms. The van der Waals surface area contributed by atoms with Crippen LogP contribution in [0.4, 0.5) is 4.39 Å². The standard InChI is InChI=1S/C6H10FNO/c1-5(8-4-9)6(2,3)7/h5H,1-3H3. The average Bonchev–Trinajstić information content (AvgIpc) is 1.64. The number of alkyl halides is 1. The quantitative estimate of drug-likeness (QED) is 0.412. The summed E-state index contributed by atoms with van der Waals surface area (Å²) < 4.78 is 12.7. The van der Waals surface area contributed by atoms with Crippen molar-refractivity contribution in [3.05, 3.63) is 0 Å². The van der Waals surface area contributed by atoms with E-state index >= 15 is 0 Å². The highest BCUT2D eigenvalue weighted by atomic mass is 19.1. The first kappa shape index (κ1) is 8.31. The summed E-state index contributed by atoms with van der Waals surface area (Å²) in [5, 5.41) is 0. The first-order chi connectivity index (χ1) is 3.98. The Labute approximate surface area is 53.8 Å². The summed E-state index contributed by atoms with van der Waals surface area (Å²) in [4.78, 5) is 12.8. The van der Waals surface area contributed by atoms with E-state index in [0.29, 0.717) is 0 Å². The Balaban J connectivity index is 4.03. The molecule has 0 aromatic heterocycles. The number of isocyanates is 1. The van der Waals surface area contributed by atoms with E-state index in [1.54, 1.807) is 0 Å². The zero-order chi connectivity index (χ0) is 7.49. The fraction of sp³-hybridized carbons (Fsp3) is 0.833. The van der Waals surface area contributed by atoms with Crippen LogP contribution < -0.4 is 0 Å². The van der Waals surface area contributed by atoms with E-state index in [2.05, 4.69) is 4.99 Å². The summed E-state index contributed by atoms with van der Waals surface area (Å²) in [6, 6.07) is -0.602. The van der Waals surface area contributed by atoms with Gasteiger partial charge in [-0.1, -0.05) is 0 Å². The number of halogens is 1. The van der Waals surface area contributed by atoms with Crippen molar-refractivity contribution < 1.29 is 9.18 Å². The maximum Gasteiger partial charge on any atom is 0.235 e. The van der Waals surface area contributed by atoms with E-state index in [9.17, 15) is 9.18 Å². The Bertz CT molecular complexity index is 132. The molecule has 0 aromatic carbocycles. The third kappa shape index (κ3) is 2.98. The maximum absolute atomic E-state index is 12.7. The molecule has 9 heavy (non-hydrogen) atoms. The van der Waals surface area contributed by atoms with Crippen molar-refractivity contribution in [1.82, 2.24) is 0 Å². The molecule has 1 unspecified atom stereocenters. The van der Waals surface area contributed by atoms with Gasteiger partial charge in [0.15, 0.2) is 0 Å². The molecule has 0 rings (SSSR count). The lowest BCUT2D eigenvalue weighted by atomic mass is 10.0. The van der Waals surface area contributed by atoms with Gasteiger partial charge in [0.05, 0.1) is 6.04 Å². The zero-order valence-electron chi connectivity index (χ0n) is 5.81. The number of hydrogen-bond acceptors (Lipinski definition) is 2. The smallest absolute Gasteiger partial charge is 0.235 e. The predicted molar refractivity (Wildman–Crippen MR) is 32.8 cm³/mol. The Morgan fingerprint density at radius 2 is 2.11 bits per heavy atom. The van der Waals surface area contributed by atoms with Crippen LogP contribution in [0, 0.1) is 0 Å². The lowest BCUT2D eigenvalue weighted by Crippen LogP contribution is -2.26. The molecule has 0 spiro atoms. The van der Waals surface area contributed by atoms with Gasteiger partial charge in [0.1, 0.15) is 5.67 Å². The van der Waals surface area contributed by atoms with Crippen LogP contribution >= 0.6 is 0 Å². The molecule has 0 saturated carbocycles.